The van der Waals surface area contributed by atoms with Crippen molar-refractivity contribution < 1.29 is 0 Å². The third kappa shape index (κ3) is 2.66. The standard InChI is InChI=1S/C12H22/c1-4-6-8-11-9-12(11)10(3)7-5-2/h5,7,10-12H,4,6,8-9H2,1-3H3. The van der Waals surface area contributed by atoms with E-state index in [0.29, 0.717) is 0 Å². The van der Waals surface area contributed by atoms with Gasteiger partial charge in [0.1, 0.15) is 0 Å². The molecule has 0 aliphatic heterocycles. The molecule has 3 atom stereocenters. The average Bonchev–Trinajstić information content (AvgIpc) is 2.80. The Labute approximate surface area is 77.1 Å². The highest BCUT2D eigenvalue weighted by atomic mass is 14.4. The van der Waals surface area contributed by atoms with Gasteiger partial charge in [-0.25, -0.2) is 0 Å². The van der Waals surface area contributed by atoms with Gasteiger partial charge in [-0.15, -0.1) is 0 Å². The molecule has 0 amide bonds. The van der Waals surface area contributed by atoms with E-state index >= 15 is 0 Å². The second kappa shape index (κ2) is 4.69. The monoisotopic (exact) mass is 166 g/mol. The third-order valence-electron chi connectivity index (χ3n) is 3.08. The fraction of sp³-hybridized carbons (Fsp3) is 0.833. The molecule has 3 unspecified atom stereocenters. The van der Waals surface area contributed by atoms with Crippen LogP contribution in [0.4, 0.5) is 0 Å². The summed E-state index contributed by atoms with van der Waals surface area (Å²) in [5.74, 6) is 2.92. The molecule has 12 heavy (non-hydrogen) atoms. The summed E-state index contributed by atoms with van der Waals surface area (Å²) in [5, 5.41) is 0. The second-order valence-electron chi connectivity index (χ2n) is 4.19. The van der Waals surface area contributed by atoms with Gasteiger partial charge in [0.2, 0.25) is 0 Å². The Morgan fingerprint density at radius 3 is 2.83 bits per heavy atom. The van der Waals surface area contributed by atoms with Crippen LogP contribution in [0.1, 0.15) is 46.5 Å². The Morgan fingerprint density at radius 1 is 1.50 bits per heavy atom. The Kier molecular flexibility index (Phi) is 3.84. The minimum atomic E-state index is 0.830. The number of allylic oxidation sites excluding steroid dienone is 2. The van der Waals surface area contributed by atoms with Crippen molar-refractivity contribution in [1.82, 2.24) is 0 Å². The van der Waals surface area contributed by atoms with E-state index in [1.807, 2.05) is 0 Å². The van der Waals surface area contributed by atoms with Crippen LogP contribution in [0.15, 0.2) is 12.2 Å². The summed E-state index contributed by atoms with van der Waals surface area (Å²) in [6, 6.07) is 0. The number of rotatable bonds is 5. The topological polar surface area (TPSA) is 0 Å². The zero-order chi connectivity index (χ0) is 8.97. The van der Waals surface area contributed by atoms with Crippen LogP contribution in [-0.4, -0.2) is 0 Å². The van der Waals surface area contributed by atoms with E-state index in [0.717, 1.165) is 17.8 Å². The molecule has 0 aromatic rings. The Hall–Kier alpha value is -0.260. The molecular weight excluding hydrogens is 144 g/mol. The maximum absolute atomic E-state index is 2.36. The molecule has 0 nitrogen and oxygen atoms in total. The van der Waals surface area contributed by atoms with Crippen LogP contribution in [0.25, 0.3) is 0 Å². The quantitative estimate of drug-likeness (QED) is 0.541. The van der Waals surface area contributed by atoms with Crippen molar-refractivity contribution in [1.29, 1.82) is 0 Å². The zero-order valence-corrected chi connectivity index (χ0v) is 8.72. The third-order valence-corrected chi connectivity index (χ3v) is 3.08. The molecule has 0 aromatic heterocycles. The maximum atomic E-state index is 2.36. The van der Waals surface area contributed by atoms with Gasteiger partial charge in [0.15, 0.2) is 0 Å². The van der Waals surface area contributed by atoms with Gasteiger partial charge >= 0.3 is 0 Å². The van der Waals surface area contributed by atoms with Gasteiger partial charge in [0, 0.05) is 0 Å². The van der Waals surface area contributed by atoms with E-state index in [4.69, 9.17) is 0 Å². The van der Waals surface area contributed by atoms with Crippen LogP contribution in [-0.2, 0) is 0 Å². The summed E-state index contributed by atoms with van der Waals surface area (Å²) in [6.45, 7) is 6.77. The average molecular weight is 166 g/mol. The first-order chi connectivity index (χ1) is 5.79. The van der Waals surface area contributed by atoms with Crippen LogP contribution in [0.5, 0.6) is 0 Å². The zero-order valence-electron chi connectivity index (χ0n) is 8.72. The van der Waals surface area contributed by atoms with Crippen molar-refractivity contribution >= 4 is 0 Å². The summed E-state index contributed by atoms with van der Waals surface area (Å²) < 4.78 is 0. The molecule has 1 saturated carbocycles. The van der Waals surface area contributed by atoms with Crippen LogP contribution >= 0.6 is 0 Å². The largest absolute Gasteiger partial charge is 0.0914 e. The van der Waals surface area contributed by atoms with Gasteiger partial charge in [-0.3, -0.25) is 0 Å². The fourth-order valence-electron chi connectivity index (χ4n) is 2.16. The van der Waals surface area contributed by atoms with E-state index in [1.165, 1.54) is 25.7 Å². The molecule has 0 aromatic carbocycles. The minimum absolute atomic E-state index is 0.830. The lowest BCUT2D eigenvalue weighted by atomic mass is 10.0. The van der Waals surface area contributed by atoms with Crippen LogP contribution in [0, 0.1) is 17.8 Å². The highest BCUT2D eigenvalue weighted by Gasteiger charge is 2.38. The molecule has 1 fully saturated rings. The summed E-state index contributed by atoms with van der Waals surface area (Å²) in [4.78, 5) is 0. The van der Waals surface area contributed by atoms with E-state index in [-0.39, 0.29) is 0 Å². The second-order valence-corrected chi connectivity index (χ2v) is 4.19. The summed E-state index contributed by atoms with van der Waals surface area (Å²) in [6.07, 6.45) is 10.3. The first-order valence-corrected chi connectivity index (χ1v) is 5.42. The lowest BCUT2D eigenvalue weighted by molar-refractivity contribution is 0.531. The van der Waals surface area contributed by atoms with Crippen molar-refractivity contribution in [3.63, 3.8) is 0 Å². The van der Waals surface area contributed by atoms with Crippen molar-refractivity contribution in [3.05, 3.63) is 12.2 Å². The van der Waals surface area contributed by atoms with Gasteiger partial charge in [-0.1, -0.05) is 45.3 Å². The molecule has 0 N–H and O–H groups in total. The first-order valence-electron chi connectivity index (χ1n) is 5.42. The highest BCUT2D eigenvalue weighted by molar-refractivity contribution is 4.97. The molecule has 1 aliphatic rings. The van der Waals surface area contributed by atoms with E-state index in [9.17, 15) is 0 Å². The molecule has 0 saturated heterocycles. The van der Waals surface area contributed by atoms with Gasteiger partial charge in [-0.2, -0.15) is 0 Å². The van der Waals surface area contributed by atoms with Gasteiger partial charge in [0.05, 0.1) is 0 Å². The molecule has 0 bridgehead atoms. The minimum Gasteiger partial charge on any atom is -0.0914 e. The molecule has 0 radical (unpaired) electrons. The molecule has 0 heterocycles. The van der Waals surface area contributed by atoms with Crippen LogP contribution < -0.4 is 0 Å². The van der Waals surface area contributed by atoms with E-state index in [2.05, 4.69) is 32.9 Å². The van der Waals surface area contributed by atoms with Crippen molar-refractivity contribution in [2.45, 2.75) is 46.5 Å². The Bertz CT molecular complexity index is 146. The maximum Gasteiger partial charge on any atom is -0.0231 e. The predicted molar refractivity (Wildman–Crippen MR) is 55.1 cm³/mol. The highest BCUT2D eigenvalue weighted by Crippen LogP contribution is 2.47. The van der Waals surface area contributed by atoms with Crippen molar-refractivity contribution in [2.75, 3.05) is 0 Å². The fourth-order valence-corrected chi connectivity index (χ4v) is 2.16. The predicted octanol–water partition coefficient (Wildman–Crippen LogP) is 4.02. The van der Waals surface area contributed by atoms with Crippen molar-refractivity contribution in [3.8, 4) is 0 Å². The van der Waals surface area contributed by atoms with E-state index in [1.54, 1.807) is 0 Å². The van der Waals surface area contributed by atoms with Gasteiger partial charge in [-0.05, 0) is 31.1 Å². The molecular formula is C12H22. The van der Waals surface area contributed by atoms with Crippen LogP contribution in [0.3, 0.4) is 0 Å². The van der Waals surface area contributed by atoms with Crippen molar-refractivity contribution in [2.24, 2.45) is 17.8 Å². The van der Waals surface area contributed by atoms with Crippen LogP contribution in [0.2, 0.25) is 0 Å². The smallest absolute Gasteiger partial charge is 0.0231 e. The van der Waals surface area contributed by atoms with Gasteiger partial charge in [0.25, 0.3) is 0 Å². The van der Waals surface area contributed by atoms with Gasteiger partial charge < -0.3 is 0 Å². The Morgan fingerprint density at radius 2 is 2.25 bits per heavy atom. The molecule has 1 rings (SSSR count). The molecule has 70 valence electrons. The lowest BCUT2D eigenvalue weighted by Gasteiger charge is -2.03. The molecule has 0 heteroatoms. The SMILES string of the molecule is CC=CC(C)C1CC1CCCC. The molecule has 1 aliphatic carbocycles. The lowest BCUT2D eigenvalue weighted by Crippen LogP contribution is -1.94. The normalized spacial score (nSPS) is 30.9. The number of unbranched alkanes of at least 4 members (excludes halogenated alkanes) is 1. The first kappa shape index (κ1) is 9.83. The molecule has 0 spiro atoms. The summed E-state index contributed by atoms with van der Waals surface area (Å²) in [5.41, 5.74) is 0. The van der Waals surface area contributed by atoms with E-state index < -0.39 is 0 Å². The summed E-state index contributed by atoms with van der Waals surface area (Å²) in [7, 11) is 0. The Balaban J connectivity index is 2.14. The number of hydrogen-bond acceptors (Lipinski definition) is 0. The number of hydrogen-bond donors (Lipinski definition) is 0. The summed E-state index contributed by atoms with van der Waals surface area (Å²) >= 11 is 0.